The molecule has 0 spiro atoms. The van der Waals surface area contributed by atoms with E-state index in [2.05, 4.69) is 10.0 Å². The van der Waals surface area contributed by atoms with E-state index in [1.807, 2.05) is 24.3 Å². The van der Waals surface area contributed by atoms with Crippen LogP contribution >= 0.6 is 0 Å². The summed E-state index contributed by atoms with van der Waals surface area (Å²) >= 11 is 0. The third kappa shape index (κ3) is 2.73. The Balaban J connectivity index is 2.00. The molecule has 0 bridgehead atoms. The van der Waals surface area contributed by atoms with Crippen molar-refractivity contribution in [3.05, 3.63) is 40.3 Å². The van der Waals surface area contributed by atoms with E-state index in [-0.39, 0.29) is 11.8 Å². The SMILES string of the molecule is [N-]=[N+]=NCC1CC(=O)N(Cc2ccccc2N)C1. The Hall–Kier alpha value is -2.20. The summed E-state index contributed by atoms with van der Waals surface area (Å²) in [6.07, 6.45) is 0.450. The Kier molecular flexibility index (Phi) is 3.69. The molecule has 2 rings (SSSR count). The van der Waals surface area contributed by atoms with Crippen molar-refractivity contribution in [1.82, 2.24) is 4.90 Å². The highest BCUT2D eigenvalue weighted by atomic mass is 16.2. The number of hydrogen-bond acceptors (Lipinski definition) is 3. The summed E-state index contributed by atoms with van der Waals surface area (Å²) in [5.41, 5.74) is 15.8. The molecule has 0 radical (unpaired) electrons. The number of rotatable bonds is 4. The van der Waals surface area contributed by atoms with Crippen LogP contribution in [0.15, 0.2) is 29.4 Å². The second-order valence-electron chi connectivity index (χ2n) is 4.46. The molecule has 1 aromatic rings. The van der Waals surface area contributed by atoms with Crippen LogP contribution in [0.3, 0.4) is 0 Å². The summed E-state index contributed by atoms with van der Waals surface area (Å²) in [4.78, 5) is 16.3. The monoisotopic (exact) mass is 245 g/mol. The fourth-order valence-electron chi connectivity index (χ4n) is 2.16. The lowest BCUT2D eigenvalue weighted by atomic mass is 10.1. The van der Waals surface area contributed by atoms with Crippen molar-refractivity contribution in [2.24, 2.45) is 11.0 Å². The van der Waals surface area contributed by atoms with Gasteiger partial charge in [0.15, 0.2) is 0 Å². The van der Waals surface area contributed by atoms with E-state index in [1.54, 1.807) is 4.90 Å². The van der Waals surface area contributed by atoms with Crippen molar-refractivity contribution in [3.8, 4) is 0 Å². The fraction of sp³-hybridized carbons (Fsp3) is 0.417. The van der Waals surface area contributed by atoms with Crippen molar-refractivity contribution >= 4 is 11.6 Å². The summed E-state index contributed by atoms with van der Waals surface area (Å²) in [7, 11) is 0. The van der Waals surface area contributed by atoms with Crippen LogP contribution in [-0.2, 0) is 11.3 Å². The summed E-state index contributed by atoms with van der Waals surface area (Å²) in [6.45, 7) is 1.54. The lowest BCUT2D eigenvalue weighted by Gasteiger charge is -2.17. The highest BCUT2D eigenvalue weighted by molar-refractivity contribution is 5.78. The van der Waals surface area contributed by atoms with Crippen LogP contribution in [0, 0.1) is 5.92 Å². The topological polar surface area (TPSA) is 95.1 Å². The van der Waals surface area contributed by atoms with Gasteiger partial charge in [0.05, 0.1) is 0 Å². The number of likely N-dealkylation sites (tertiary alicyclic amines) is 1. The maximum Gasteiger partial charge on any atom is 0.223 e. The van der Waals surface area contributed by atoms with E-state index < -0.39 is 0 Å². The van der Waals surface area contributed by atoms with Crippen LogP contribution in [0.5, 0.6) is 0 Å². The Morgan fingerprint density at radius 1 is 1.50 bits per heavy atom. The smallest absolute Gasteiger partial charge is 0.223 e. The van der Waals surface area contributed by atoms with Crippen LogP contribution in [0.2, 0.25) is 0 Å². The standard InChI is InChI=1S/C12H15N5O/c13-11-4-2-1-3-10(11)8-17-7-9(5-12(17)18)6-15-16-14/h1-4,9H,5-8,13H2. The lowest BCUT2D eigenvalue weighted by molar-refractivity contribution is -0.128. The summed E-state index contributed by atoms with van der Waals surface area (Å²) in [6, 6.07) is 7.52. The van der Waals surface area contributed by atoms with Crippen LogP contribution in [-0.4, -0.2) is 23.9 Å². The van der Waals surface area contributed by atoms with Gasteiger partial charge in [-0.25, -0.2) is 0 Å². The Morgan fingerprint density at radius 2 is 2.28 bits per heavy atom. The summed E-state index contributed by atoms with van der Waals surface area (Å²) < 4.78 is 0. The molecule has 0 aliphatic carbocycles. The minimum absolute atomic E-state index is 0.0939. The molecular formula is C12H15N5O. The molecule has 1 aromatic carbocycles. The Labute approximate surface area is 105 Å². The predicted octanol–water partition coefficient (Wildman–Crippen LogP) is 1.93. The lowest BCUT2D eigenvalue weighted by Crippen LogP contribution is -2.25. The van der Waals surface area contributed by atoms with E-state index in [1.165, 1.54) is 0 Å². The van der Waals surface area contributed by atoms with Crippen LogP contribution in [0.1, 0.15) is 12.0 Å². The van der Waals surface area contributed by atoms with E-state index in [0.29, 0.717) is 31.7 Å². The number of carbonyl (C=O) groups is 1. The van der Waals surface area contributed by atoms with Gasteiger partial charge in [0.25, 0.3) is 0 Å². The molecule has 1 aliphatic rings. The van der Waals surface area contributed by atoms with E-state index in [0.717, 1.165) is 5.56 Å². The molecule has 1 amide bonds. The van der Waals surface area contributed by atoms with Gasteiger partial charge < -0.3 is 10.6 Å². The zero-order chi connectivity index (χ0) is 13.0. The number of nitrogens with zero attached hydrogens (tertiary/aromatic N) is 4. The number of nitrogens with two attached hydrogens (primary N) is 1. The second kappa shape index (κ2) is 5.42. The highest BCUT2D eigenvalue weighted by Crippen LogP contribution is 2.22. The average molecular weight is 245 g/mol. The van der Waals surface area contributed by atoms with E-state index in [4.69, 9.17) is 11.3 Å². The first kappa shape index (κ1) is 12.3. The van der Waals surface area contributed by atoms with Gasteiger partial charge in [-0.05, 0) is 23.1 Å². The molecule has 0 saturated carbocycles. The molecular weight excluding hydrogens is 230 g/mol. The maximum absolute atomic E-state index is 11.8. The molecule has 0 aromatic heterocycles. The largest absolute Gasteiger partial charge is 0.398 e. The van der Waals surface area contributed by atoms with Crippen LogP contribution in [0.4, 0.5) is 5.69 Å². The molecule has 6 heteroatoms. The van der Waals surface area contributed by atoms with Gasteiger partial charge in [-0.3, -0.25) is 4.79 Å². The number of amides is 1. The van der Waals surface area contributed by atoms with Crippen LogP contribution in [0.25, 0.3) is 10.4 Å². The van der Waals surface area contributed by atoms with E-state index in [9.17, 15) is 4.79 Å². The zero-order valence-corrected chi connectivity index (χ0v) is 9.99. The fourth-order valence-corrected chi connectivity index (χ4v) is 2.16. The van der Waals surface area contributed by atoms with Crippen molar-refractivity contribution in [2.75, 3.05) is 18.8 Å². The van der Waals surface area contributed by atoms with Gasteiger partial charge in [0.2, 0.25) is 5.91 Å². The first-order valence-electron chi connectivity index (χ1n) is 5.82. The van der Waals surface area contributed by atoms with Crippen molar-refractivity contribution in [2.45, 2.75) is 13.0 Å². The van der Waals surface area contributed by atoms with Gasteiger partial charge in [-0.2, -0.15) is 0 Å². The zero-order valence-electron chi connectivity index (χ0n) is 9.99. The number of para-hydroxylation sites is 1. The Bertz CT molecular complexity index is 495. The van der Waals surface area contributed by atoms with Crippen molar-refractivity contribution < 1.29 is 4.79 Å². The molecule has 1 unspecified atom stereocenters. The maximum atomic E-state index is 11.8. The van der Waals surface area contributed by atoms with Gasteiger partial charge >= 0.3 is 0 Å². The molecule has 2 N–H and O–H groups in total. The van der Waals surface area contributed by atoms with Gasteiger partial charge in [0, 0.05) is 36.7 Å². The molecule has 1 saturated heterocycles. The third-order valence-corrected chi connectivity index (χ3v) is 3.11. The van der Waals surface area contributed by atoms with Gasteiger partial charge in [-0.1, -0.05) is 23.3 Å². The number of hydrogen-bond donors (Lipinski definition) is 1. The summed E-state index contributed by atoms with van der Waals surface area (Å²) in [5.74, 6) is 0.217. The van der Waals surface area contributed by atoms with Crippen molar-refractivity contribution in [3.63, 3.8) is 0 Å². The predicted molar refractivity (Wildman–Crippen MR) is 68.4 cm³/mol. The van der Waals surface area contributed by atoms with Gasteiger partial charge in [-0.15, -0.1) is 0 Å². The Morgan fingerprint density at radius 3 is 3.00 bits per heavy atom. The molecule has 1 fully saturated rings. The third-order valence-electron chi connectivity index (χ3n) is 3.11. The van der Waals surface area contributed by atoms with Gasteiger partial charge in [0.1, 0.15) is 0 Å². The minimum Gasteiger partial charge on any atom is -0.398 e. The molecule has 1 atom stereocenters. The molecule has 1 heterocycles. The first-order chi connectivity index (χ1) is 8.70. The second-order valence-corrected chi connectivity index (χ2v) is 4.46. The molecule has 1 aliphatic heterocycles. The normalized spacial score (nSPS) is 18.8. The first-order valence-corrected chi connectivity index (χ1v) is 5.82. The minimum atomic E-state index is 0.0939. The highest BCUT2D eigenvalue weighted by Gasteiger charge is 2.29. The number of nitrogen functional groups attached to an aromatic ring is 1. The van der Waals surface area contributed by atoms with E-state index >= 15 is 0 Å². The quantitative estimate of drug-likeness (QED) is 0.379. The average Bonchev–Trinajstić information content (AvgIpc) is 2.70. The number of azide groups is 1. The molecule has 6 nitrogen and oxygen atoms in total. The number of benzene rings is 1. The van der Waals surface area contributed by atoms with Crippen molar-refractivity contribution in [1.29, 1.82) is 0 Å². The number of carbonyl (C=O) groups excluding carboxylic acids is 1. The van der Waals surface area contributed by atoms with Crippen LogP contribution < -0.4 is 5.73 Å². The number of anilines is 1. The molecule has 18 heavy (non-hydrogen) atoms. The summed E-state index contributed by atoms with van der Waals surface area (Å²) in [5, 5.41) is 3.52. The molecule has 94 valence electrons.